The molecule has 1 aromatic rings. The number of hydrogen-bond acceptors (Lipinski definition) is 4. The number of halogens is 1. The van der Waals surface area contributed by atoms with Crippen LogP contribution >= 0.6 is 11.6 Å². The van der Waals surface area contributed by atoms with Crippen LogP contribution in [-0.4, -0.2) is 38.2 Å². The van der Waals surface area contributed by atoms with Crippen molar-refractivity contribution in [2.24, 2.45) is 11.7 Å². The van der Waals surface area contributed by atoms with Crippen molar-refractivity contribution in [1.82, 2.24) is 4.90 Å². The summed E-state index contributed by atoms with van der Waals surface area (Å²) in [6.45, 7) is 6.01. The molecule has 0 saturated carbocycles. The lowest BCUT2D eigenvalue weighted by molar-refractivity contribution is 0.316. The van der Waals surface area contributed by atoms with Crippen LogP contribution in [0.3, 0.4) is 0 Å². The largest absolute Gasteiger partial charge is 0.326 e. The van der Waals surface area contributed by atoms with Gasteiger partial charge in [-0.1, -0.05) is 37.6 Å². The zero-order valence-electron chi connectivity index (χ0n) is 11.8. The van der Waals surface area contributed by atoms with Crippen LogP contribution in [0, 0.1) is 5.92 Å². The van der Waals surface area contributed by atoms with Crippen molar-refractivity contribution in [3.05, 3.63) is 28.8 Å². The number of hydrogen-bond donors (Lipinski definition) is 1. The highest BCUT2D eigenvalue weighted by molar-refractivity contribution is 7.91. The highest BCUT2D eigenvalue weighted by Crippen LogP contribution is 2.28. The van der Waals surface area contributed by atoms with Gasteiger partial charge in [0.2, 0.25) is 0 Å². The highest BCUT2D eigenvalue weighted by atomic mass is 35.5. The van der Waals surface area contributed by atoms with Crippen molar-refractivity contribution in [3.63, 3.8) is 0 Å². The van der Waals surface area contributed by atoms with Crippen LogP contribution in [0.15, 0.2) is 23.1 Å². The third kappa shape index (κ3) is 3.17. The molecule has 6 heteroatoms. The Kier molecular flexibility index (Phi) is 4.74. The van der Waals surface area contributed by atoms with E-state index in [1.54, 1.807) is 19.1 Å². The molecule has 4 nitrogen and oxygen atoms in total. The lowest BCUT2D eigenvalue weighted by atomic mass is 10.1. The molecular formula is C14H21ClN2O2S. The van der Waals surface area contributed by atoms with Crippen LogP contribution in [-0.2, 0) is 16.4 Å². The van der Waals surface area contributed by atoms with Crippen molar-refractivity contribution in [2.75, 3.05) is 18.8 Å². The molecule has 0 spiro atoms. The predicted molar refractivity (Wildman–Crippen MR) is 81.6 cm³/mol. The van der Waals surface area contributed by atoms with Gasteiger partial charge in [-0.3, -0.25) is 4.90 Å². The molecule has 1 aliphatic rings. The highest BCUT2D eigenvalue weighted by Gasteiger charge is 2.28. The summed E-state index contributed by atoms with van der Waals surface area (Å²) in [5.74, 6) is 0.486. The smallest absolute Gasteiger partial charge is 0.179 e. The van der Waals surface area contributed by atoms with E-state index in [1.807, 2.05) is 6.07 Å². The first-order chi connectivity index (χ1) is 9.35. The minimum Gasteiger partial charge on any atom is -0.326 e. The molecule has 0 aliphatic carbocycles. The number of nitrogens with two attached hydrogens (primary N) is 1. The normalized spacial score (nSPS) is 24.2. The number of nitrogens with zero attached hydrogens (tertiary/aromatic N) is 1. The van der Waals surface area contributed by atoms with Gasteiger partial charge in [0.05, 0.1) is 15.7 Å². The summed E-state index contributed by atoms with van der Waals surface area (Å²) in [4.78, 5) is 2.47. The van der Waals surface area contributed by atoms with Gasteiger partial charge in [0.25, 0.3) is 0 Å². The minimum absolute atomic E-state index is 0.0552. The molecule has 112 valence electrons. The number of sulfone groups is 1. The molecule has 1 saturated heterocycles. The van der Waals surface area contributed by atoms with Gasteiger partial charge in [-0.05, 0) is 17.5 Å². The van der Waals surface area contributed by atoms with Crippen molar-refractivity contribution in [3.8, 4) is 0 Å². The third-order valence-electron chi connectivity index (χ3n) is 3.88. The maximum Gasteiger partial charge on any atom is 0.179 e. The summed E-state index contributed by atoms with van der Waals surface area (Å²) in [6.07, 6.45) is 0. The zero-order chi connectivity index (χ0) is 14.9. The molecular weight excluding hydrogens is 296 g/mol. The number of benzene rings is 1. The number of likely N-dealkylation sites (tertiary alicyclic amines) is 1. The fraction of sp³-hybridized carbons (Fsp3) is 0.571. The first-order valence-corrected chi connectivity index (χ1v) is 8.86. The maximum absolute atomic E-state index is 12.2. The van der Waals surface area contributed by atoms with Gasteiger partial charge in [-0.25, -0.2) is 8.42 Å². The molecule has 0 bridgehead atoms. The van der Waals surface area contributed by atoms with Crippen LogP contribution in [0.2, 0.25) is 5.02 Å². The van der Waals surface area contributed by atoms with Crippen LogP contribution in [0.5, 0.6) is 0 Å². The Balaban J connectivity index is 2.31. The average Bonchev–Trinajstić information content (AvgIpc) is 2.68. The van der Waals surface area contributed by atoms with Crippen molar-refractivity contribution >= 4 is 21.4 Å². The van der Waals surface area contributed by atoms with Crippen molar-refractivity contribution < 1.29 is 8.42 Å². The molecule has 20 heavy (non-hydrogen) atoms. The molecule has 0 amide bonds. The van der Waals surface area contributed by atoms with E-state index in [9.17, 15) is 8.42 Å². The first kappa shape index (κ1) is 15.8. The van der Waals surface area contributed by atoms with E-state index < -0.39 is 9.84 Å². The maximum atomic E-state index is 12.2. The summed E-state index contributed by atoms with van der Waals surface area (Å²) in [7, 11) is -3.32. The molecule has 2 rings (SSSR count). The lowest BCUT2D eigenvalue weighted by Gasteiger charge is -2.18. The van der Waals surface area contributed by atoms with Gasteiger partial charge >= 0.3 is 0 Å². The van der Waals surface area contributed by atoms with Crippen LogP contribution < -0.4 is 5.73 Å². The van der Waals surface area contributed by atoms with E-state index in [0.29, 0.717) is 17.5 Å². The van der Waals surface area contributed by atoms with E-state index in [4.69, 9.17) is 17.3 Å². The van der Waals surface area contributed by atoms with Crippen LogP contribution in [0.4, 0.5) is 0 Å². The minimum atomic E-state index is -3.32. The summed E-state index contributed by atoms with van der Waals surface area (Å²) in [6, 6.07) is 5.42. The molecule has 1 aromatic carbocycles. The Bertz CT molecular complexity index is 579. The van der Waals surface area contributed by atoms with E-state index in [1.165, 1.54) is 0 Å². The molecule has 0 aromatic heterocycles. The Hall–Kier alpha value is -0.620. The van der Waals surface area contributed by atoms with Crippen molar-refractivity contribution in [1.29, 1.82) is 0 Å². The van der Waals surface area contributed by atoms with Crippen molar-refractivity contribution in [2.45, 2.75) is 31.3 Å². The Labute approximate surface area is 125 Å². The fourth-order valence-corrected chi connectivity index (χ4v) is 4.37. The monoisotopic (exact) mass is 316 g/mol. The fourth-order valence-electron chi connectivity index (χ4n) is 2.64. The first-order valence-electron chi connectivity index (χ1n) is 6.83. The van der Waals surface area contributed by atoms with Gasteiger partial charge in [-0.15, -0.1) is 0 Å². The second-order valence-electron chi connectivity index (χ2n) is 5.47. The molecule has 2 atom stereocenters. The molecule has 1 heterocycles. The Morgan fingerprint density at radius 2 is 2.10 bits per heavy atom. The topological polar surface area (TPSA) is 63.4 Å². The van der Waals surface area contributed by atoms with Crippen LogP contribution in [0.25, 0.3) is 0 Å². The van der Waals surface area contributed by atoms with Gasteiger partial charge in [-0.2, -0.15) is 0 Å². The van der Waals surface area contributed by atoms with Gasteiger partial charge < -0.3 is 5.73 Å². The Morgan fingerprint density at radius 3 is 2.65 bits per heavy atom. The van der Waals surface area contributed by atoms with E-state index >= 15 is 0 Å². The van der Waals surface area contributed by atoms with E-state index in [0.717, 1.165) is 18.7 Å². The lowest BCUT2D eigenvalue weighted by Crippen LogP contribution is -2.28. The summed E-state index contributed by atoms with van der Waals surface area (Å²) in [5.41, 5.74) is 6.78. The molecule has 2 unspecified atom stereocenters. The third-order valence-corrected chi connectivity index (χ3v) is 6.17. The Morgan fingerprint density at radius 1 is 1.40 bits per heavy atom. The van der Waals surface area contributed by atoms with Crippen LogP contribution in [0.1, 0.15) is 19.4 Å². The second kappa shape index (κ2) is 6.02. The average molecular weight is 317 g/mol. The van der Waals surface area contributed by atoms with E-state index in [-0.39, 0.29) is 16.7 Å². The zero-order valence-corrected chi connectivity index (χ0v) is 13.4. The molecule has 2 N–H and O–H groups in total. The summed E-state index contributed by atoms with van der Waals surface area (Å²) >= 11 is 6.11. The second-order valence-corrected chi connectivity index (χ2v) is 8.09. The van der Waals surface area contributed by atoms with Gasteiger partial charge in [0.15, 0.2) is 9.84 Å². The summed E-state index contributed by atoms with van der Waals surface area (Å²) in [5, 5.41) is 0.306. The summed E-state index contributed by atoms with van der Waals surface area (Å²) < 4.78 is 24.4. The van der Waals surface area contributed by atoms with E-state index in [2.05, 4.69) is 11.8 Å². The quantitative estimate of drug-likeness (QED) is 0.921. The molecule has 1 aliphatic heterocycles. The molecule has 0 radical (unpaired) electrons. The predicted octanol–water partition coefficient (Wildman–Crippen LogP) is 1.91. The molecule has 1 fully saturated rings. The SMILES string of the molecule is CCS(=O)(=O)c1c(Cl)cccc1CN1CC(C)C(N)C1. The van der Waals surface area contributed by atoms with Gasteiger partial charge in [0.1, 0.15) is 0 Å². The standard InChI is InChI=1S/C14H21ClN2O2S/c1-3-20(18,19)14-11(5-4-6-12(14)15)8-17-7-10(2)13(16)9-17/h4-6,10,13H,3,7-9,16H2,1-2H3. The van der Waals surface area contributed by atoms with Gasteiger partial charge in [0, 0.05) is 25.7 Å². The number of rotatable bonds is 4.